The van der Waals surface area contributed by atoms with E-state index >= 15 is 0 Å². The van der Waals surface area contributed by atoms with Gasteiger partial charge in [0.15, 0.2) is 9.74 Å². The van der Waals surface area contributed by atoms with Crippen molar-refractivity contribution in [3.05, 3.63) is 8.83 Å². The minimum Gasteiger partial charge on any atom is -0.493 e. The molecule has 0 fully saturated rings. The minimum absolute atomic E-state index is 0.0358. The van der Waals surface area contributed by atoms with Gasteiger partial charge in [-0.1, -0.05) is 25.2 Å². The van der Waals surface area contributed by atoms with Gasteiger partial charge in [-0.2, -0.15) is 0 Å². The zero-order valence-corrected chi connectivity index (χ0v) is 9.87. The number of hydrogen-bond donors (Lipinski definition) is 1. The molecule has 0 aromatic carbocycles. The molecule has 0 aliphatic carbocycles. The fraction of sp³-hybridized carbons (Fsp3) is 0.556. The van der Waals surface area contributed by atoms with E-state index in [4.69, 9.17) is 12.2 Å². The van der Waals surface area contributed by atoms with Crippen molar-refractivity contribution in [3.63, 3.8) is 0 Å². The molecule has 0 amide bonds. The first-order valence-corrected chi connectivity index (χ1v) is 5.80. The molecule has 1 N–H and O–H groups in total. The fourth-order valence-electron chi connectivity index (χ4n) is 1.16. The van der Waals surface area contributed by atoms with Crippen LogP contribution in [0.3, 0.4) is 0 Å². The van der Waals surface area contributed by atoms with Crippen molar-refractivity contribution in [2.45, 2.75) is 33.2 Å². The molecule has 0 aliphatic rings. The van der Waals surface area contributed by atoms with Crippen LogP contribution < -0.4 is 0 Å². The van der Waals surface area contributed by atoms with E-state index in [0.717, 1.165) is 6.42 Å². The summed E-state index contributed by atoms with van der Waals surface area (Å²) < 4.78 is 2.18. The largest absolute Gasteiger partial charge is 0.493 e. The third kappa shape index (κ3) is 2.04. The molecule has 0 aliphatic heterocycles. The zero-order chi connectivity index (χ0) is 10.7. The molecule has 1 aromatic rings. The predicted octanol–water partition coefficient (Wildman–Crippen LogP) is 2.99. The molecule has 78 valence electrons. The summed E-state index contributed by atoms with van der Waals surface area (Å²) in [4.78, 5) is 11.8. The lowest BCUT2D eigenvalue weighted by Crippen LogP contribution is -1.98. The zero-order valence-electron chi connectivity index (χ0n) is 8.24. The first kappa shape index (κ1) is 11.4. The van der Waals surface area contributed by atoms with Crippen LogP contribution in [-0.4, -0.2) is 15.5 Å². The first-order valence-electron chi connectivity index (χ1n) is 4.57. The molecular weight excluding hydrogens is 218 g/mol. The van der Waals surface area contributed by atoms with E-state index in [2.05, 4.69) is 0 Å². The lowest BCUT2D eigenvalue weighted by Gasteiger charge is -2.01. The molecule has 0 radical (unpaired) electrons. The average Bonchev–Trinajstić information content (AvgIpc) is 2.45. The monoisotopic (exact) mass is 231 g/mol. The maximum Gasteiger partial charge on any atom is 0.214 e. The molecule has 3 nitrogen and oxygen atoms in total. The second-order valence-corrected chi connectivity index (χ2v) is 4.59. The molecule has 14 heavy (non-hydrogen) atoms. The van der Waals surface area contributed by atoms with Gasteiger partial charge in [0.25, 0.3) is 0 Å². The van der Waals surface area contributed by atoms with Crippen LogP contribution in [0, 0.1) is 3.95 Å². The van der Waals surface area contributed by atoms with Crippen molar-refractivity contribution >= 4 is 29.3 Å². The molecule has 0 saturated heterocycles. The quantitative estimate of drug-likeness (QED) is 0.640. The molecule has 0 saturated carbocycles. The van der Waals surface area contributed by atoms with E-state index in [1.165, 1.54) is 11.3 Å². The maximum atomic E-state index is 11.4. The highest BCUT2D eigenvalue weighted by atomic mass is 32.1. The van der Waals surface area contributed by atoms with Gasteiger partial charge in [0.2, 0.25) is 5.88 Å². The van der Waals surface area contributed by atoms with Crippen LogP contribution in [0.25, 0.3) is 0 Å². The molecule has 1 aromatic heterocycles. The van der Waals surface area contributed by atoms with Gasteiger partial charge in [-0.25, -0.2) is 0 Å². The number of hydrogen-bond acceptors (Lipinski definition) is 4. The van der Waals surface area contributed by atoms with Crippen molar-refractivity contribution in [1.29, 1.82) is 0 Å². The number of rotatable bonds is 4. The summed E-state index contributed by atoms with van der Waals surface area (Å²) in [6.45, 7) is 4.44. The molecule has 1 rings (SSSR count). The molecule has 0 bridgehead atoms. The van der Waals surface area contributed by atoms with Gasteiger partial charge in [-0.15, -0.1) is 0 Å². The smallest absolute Gasteiger partial charge is 0.214 e. The van der Waals surface area contributed by atoms with Crippen LogP contribution in [0.4, 0.5) is 0 Å². The second-order valence-electron chi connectivity index (χ2n) is 2.95. The Hall–Kier alpha value is -0.680. The van der Waals surface area contributed by atoms with E-state index in [0.29, 0.717) is 21.8 Å². The Balaban J connectivity index is 3.17. The van der Waals surface area contributed by atoms with Crippen LogP contribution in [-0.2, 0) is 6.54 Å². The highest BCUT2D eigenvalue weighted by Gasteiger charge is 2.16. The summed E-state index contributed by atoms with van der Waals surface area (Å²) >= 11 is 6.25. The summed E-state index contributed by atoms with van der Waals surface area (Å²) in [5.41, 5.74) is 0. The normalized spacial score (nSPS) is 10.4. The predicted molar refractivity (Wildman–Crippen MR) is 59.7 cm³/mol. The Labute approximate surface area is 92.0 Å². The molecular formula is C9H13NO2S2. The number of Topliss-reactive ketones (excluding diaryl/α,β-unsaturated/α-hetero) is 1. The Morgan fingerprint density at radius 3 is 2.71 bits per heavy atom. The van der Waals surface area contributed by atoms with Gasteiger partial charge in [0.1, 0.15) is 4.88 Å². The van der Waals surface area contributed by atoms with Gasteiger partial charge in [-0.05, 0) is 18.6 Å². The number of nitrogens with zero attached hydrogens (tertiary/aromatic N) is 1. The molecule has 5 heteroatoms. The Bertz CT molecular complexity index is 392. The fourth-order valence-corrected chi connectivity index (χ4v) is 2.51. The van der Waals surface area contributed by atoms with Gasteiger partial charge in [0, 0.05) is 13.0 Å². The van der Waals surface area contributed by atoms with E-state index in [-0.39, 0.29) is 11.7 Å². The Morgan fingerprint density at radius 2 is 2.21 bits per heavy atom. The van der Waals surface area contributed by atoms with Crippen LogP contribution >= 0.6 is 23.6 Å². The van der Waals surface area contributed by atoms with Gasteiger partial charge in [-0.3, -0.25) is 9.36 Å². The Morgan fingerprint density at radius 1 is 1.57 bits per heavy atom. The van der Waals surface area contributed by atoms with Crippen molar-refractivity contribution in [3.8, 4) is 5.88 Å². The number of ketones is 1. The lowest BCUT2D eigenvalue weighted by atomic mass is 10.3. The lowest BCUT2D eigenvalue weighted by molar-refractivity contribution is 0.0988. The average molecular weight is 231 g/mol. The molecule has 1 heterocycles. The highest BCUT2D eigenvalue weighted by molar-refractivity contribution is 7.73. The summed E-state index contributed by atoms with van der Waals surface area (Å²) in [5, 5.41) is 9.73. The maximum absolute atomic E-state index is 11.4. The highest BCUT2D eigenvalue weighted by Crippen LogP contribution is 2.27. The summed E-state index contributed by atoms with van der Waals surface area (Å²) in [7, 11) is 0. The number of carbonyl (C=O) groups is 1. The SMILES string of the molecule is CCCn1c(O)c(C(=O)CC)sc1=S. The summed E-state index contributed by atoms with van der Waals surface area (Å²) in [5.74, 6) is -0.0119. The van der Waals surface area contributed by atoms with Crippen molar-refractivity contribution in [2.75, 3.05) is 0 Å². The molecule has 0 atom stereocenters. The summed E-state index contributed by atoms with van der Waals surface area (Å²) in [6.07, 6.45) is 1.29. The first-order chi connectivity index (χ1) is 6.61. The molecule has 0 unspecified atom stereocenters. The van der Waals surface area contributed by atoms with Gasteiger partial charge in [0.05, 0.1) is 0 Å². The minimum atomic E-state index is -0.0477. The van der Waals surface area contributed by atoms with Crippen LogP contribution in [0.1, 0.15) is 36.4 Å². The van der Waals surface area contributed by atoms with E-state index < -0.39 is 0 Å². The van der Waals surface area contributed by atoms with E-state index in [1.807, 2.05) is 6.92 Å². The number of thiazole rings is 1. The standard InChI is InChI=1S/C9H13NO2S2/c1-3-5-10-8(12)7(6(11)4-2)14-9(10)13/h12H,3-5H2,1-2H3. The third-order valence-electron chi connectivity index (χ3n) is 1.89. The third-order valence-corrected chi connectivity index (χ3v) is 3.37. The summed E-state index contributed by atoms with van der Waals surface area (Å²) in [6, 6.07) is 0. The molecule has 0 spiro atoms. The van der Waals surface area contributed by atoms with Crippen molar-refractivity contribution in [2.24, 2.45) is 0 Å². The van der Waals surface area contributed by atoms with E-state index in [1.54, 1.807) is 11.5 Å². The van der Waals surface area contributed by atoms with Crippen molar-refractivity contribution < 1.29 is 9.90 Å². The second kappa shape index (κ2) is 4.70. The van der Waals surface area contributed by atoms with Gasteiger partial charge < -0.3 is 5.11 Å². The topological polar surface area (TPSA) is 42.2 Å². The van der Waals surface area contributed by atoms with Crippen LogP contribution in [0.2, 0.25) is 0 Å². The number of carbonyl (C=O) groups excluding carboxylic acids is 1. The van der Waals surface area contributed by atoms with Crippen LogP contribution in [0.15, 0.2) is 0 Å². The number of aromatic nitrogens is 1. The Kier molecular flexibility index (Phi) is 3.83. The number of aromatic hydroxyl groups is 1. The van der Waals surface area contributed by atoms with E-state index in [9.17, 15) is 9.90 Å². The van der Waals surface area contributed by atoms with Crippen molar-refractivity contribution in [1.82, 2.24) is 4.57 Å². The van der Waals surface area contributed by atoms with Gasteiger partial charge >= 0.3 is 0 Å². The van der Waals surface area contributed by atoms with Crippen LogP contribution in [0.5, 0.6) is 5.88 Å².